The van der Waals surface area contributed by atoms with Gasteiger partial charge in [-0.1, -0.05) is 0 Å². The third kappa shape index (κ3) is 8.26. The van der Waals surface area contributed by atoms with E-state index in [9.17, 15) is 22.9 Å². The van der Waals surface area contributed by atoms with Gasteiger partial charge in [-0.15, -0.1) is 0 Å². The number of nitrogens with zero attached hydrogens (tertiary/aromatic N) is 2. The number of aliphatic hydroxyl groups excluding tert-OH is 2. The van der Waals surface area contributed by atoms with Gasteiger partial charge in [0.05, 0.1) is 41.5 Å². The molecule has 4 rings (SSSR count). The molecule has 2 atom stereocenters. The Hall–Kier alpha value is -2.47. The van der Waals surface area contributed by atoms with Gasteiger partial charge in [-0.05, 0) is 75.3 Å². The second kappa shape index (κ2) is 13.5. The number of piperidine rings is 1. The highest BCUT2D eigenvalue weighted by Gasteiger charge is 2.36. The molecule has 2 heterocycles. The number of carbonyl (C=O) groups excluding carboxylic acids is 1. The molecule has 1 aromatic heterocycles. The van der Waals surface area contributed by atoms with E-state index in [1.165, 1.54) is 31.0 Å². The Morgan fingerprint density at radius 1 is 1.24 bits per heavy atom. The van der Waals surface area contributed by atoms with Crippen LogP contribution < -0.4 is 4.74 Å². The number of amides is 1. The van der Waals surface area contributed by atoms with Crippen LogP contribution in [0.2, 0.25) is 0 Å². The third-order valence-corrected chi connectivity index (χ3v) is 8.25. The Labute approximate surface area is 224 Å². The number of pyridine rings is 1. The standard InChI is InChI=1S/C22H26F2N2O5S.C5H10O/c1-14-18(2-3-21(25-14)32(30)12-17(29)10-27)16-8-19(23)22(20(24)9-16)31-11-15-4-6-26(13-28)7-5-15;1-5(6-2)3-4-5/h2-3,8-9,13,15,17,27,29H,4-7,10-12H2,1H3;3-4H2,1-2H3. The van der Waals surface area contributed by atoms with Crippen molar-refractivity contribution < 1.29 is 37.5 Å². The number of hydrogen-bond acceptors (Lipinski definition) is 7. The molecule has 1 saturated heterocycles. The average molecular weight is 555 g/mol. The lowest BCUT2D eigenvalue weighted by atomic mass is 9.98. The second-order valence-electron chi connectivity index (χ2n) is 9.95. The summed E-state index contributed by atoms with van der Waals surface area (Å²) in [4.78, 5) is 16.7. The summed E-state index contributed by atoms with van der Waals surface area (Å²) in [6.07, 6.45) is 3.62. The van der Waals surface area contributed by atoms with Crippen molar-refractivity contribution in [3.8, 4) is 16.9 Å². The van der Waals surface area contributed by atoms with Crippen LogP contribution in [-0.4, -0.2) is 81.6 Å². The molecule has 1 aliphatic carbocycles. The molecule has 0 radical (unpaired) electrons. The van der Waals surface area contributed by atoms with E-state index in [-0.39, 0.29) is 28.9 Å². The van der Waals surface area contributed by atoms with Crippen molar-refractivity contribution >= 4 is 17.2 Å². The fraction of sp³-hybridized carbons (Fsp3) is 0.556. The lowest BCUT2D eigenvalue weighted by Gasteiger charge is -2.29. The summed E-state index contributed by atoms with van der Waals surface area (Å²) in [5.74, 6) is -2.14. The maximum absolute atomic E-state index is 14.6. The summed E-state index contributed by atoms with van der Waals surface area (Å²) in [5, 5.41) is 18.5. The zero-order valence-electron chi connectivity index (χ0n) is 22.0. The Bertz CT molecular complexity index is 1100. The predicted octanol–water partition coefficient (Wildman–Crippen LogP) is 3.23. The zero-order chi connectivity index (χ0) is 27.9. The van der Waals surface area contributed by atoms with E-state index in [2.05, 4.69) is 11.9 Å². The molecule has 210 valence electrons. The fourth-order valence-electron chi connectivity index (χ4n) is 3.94. The van der Waals surface area contributed by atoms with Crippen molar-refractivity contribution in [2.75, 3.05) is 39.2 Å². The van der Waals surface area contributed by atoms with Gasteiger partial charge >= 0.3 is 0 Å². The first-order valence-corrected chi connectivity index (χ1v) is 13.9. The quantitative estimate of drug-likeness (QED) is 0.434. The highest BCUT2D eigenvalue weighted by atomic mass is 32.2. The largest absolute Gasteiger partial charge is 0.487 e. The molecule has 38 heavy (non-hydrogen) atoms. The number of benzene rings is 1. The van der Waals surface area contributed by atoms with E-state index >= 15 is 0 Å². The van der Waals surface area contributed by atoms with Gasteiger partial charge in [0.15, 0.2) is 17.4 Å². The van der Waals surface area contributed by atoms with Crippen molar-refractivity contribution in [3.63, 3.8) is 0 Å². The van der Waals surface area contributed by atoms with Crippen LogP contribution in [0.5, 0.6) is 5.75 Å². The van der Waals surface area contributed by atoms with Crippen molar-refractivity contribution in [2.45, 2.75) is 56.3 Å². The number of aryl methyl sites for hydroxylation is 1. The summed E-state index contributed by atoms with van der Waals surface area (Å²) in [6, 6.07) is 5.37. The van der Waals surface area contributed by atoms with Crippen LogP contribution in [0.1, 0.15) is 38.3 Å². The van der Waals surface area contributed by atoms with E-state index in [1.807, 2.05) is 0 Å². The number of aliphatic hydroxyl groups is 2. The molecule has 2 fully saturated rings. The van der Waals surface area contributed by atoms with Gasteiger partial charge in [-0.25, -0.2) is 13.8 Å². The molecule has 2 unspecified atom stereocenters. The van der Waals surface area contributed by atoms with Crippen molar-refractivity contribution in [1.82, 2.24) is 9.88 Å². The molecular weight excluding hydrogens is 518 g/mol. The lowest BCUT2D eigenvalue weighted by molar-refractivity contribution is -0.119. The fourth-order valence-corrected chi connectivity index (χ4v) is 5.03. The summed E-state index contributed by atoms with van der Waals surface area (Å²) in [5.41, 5.74) is 1.45. The van der Waals surface area contributed by atoms with Crippen LogP contribution in [0.25, 0.3) is 11.1 Å². The van der Waals surface area contributed by atoms with E-state index in [4.69, 9.17) is 14.6 Å². The highest BCUT2D eigenvalue weighted by Crippen LogP contribution is 2.37. The monoisotopic (exact) mass is 554 g/mol. The Kier molecular flexibility index (Phi) is 10.7. The molecular formula is C27H36F2N2O6S. The average Bonchev–Trinajstić information content (AvgIpc) is 3.66. The van der Waals surface area contributed by atoms with Gasteiger partial charge < -0.3 is 24.6 Å². The van der Waals surface area contributed by atoms with Crippen molar-refractivity contribution in [3.05, 3.63) is 41.6 Å². The number of methoxy groups -OCH3 is 1. The van der Waals surface area contributed by atoms with E-state index in [1.54, 1.807) is 25.0 Å². The minimum atomic E-state index is -1.62. The van der Waals surface area contributed by atoms with Crippen LogP contribution in [0.4, 0.5) is 8.78 Å². The van der Waals surface area contributed by atoms with Crippen LogP contribution in [0.15, 0.2) is 29.3 Å². The molecule has 1 aromatic carbocycles. The Morgan fingerprint density at radius 3 is 2.34 bits per heavy atom. The van der Waals surface area contributed by atoms with Crippen molar-refractivity contribution in [2.24, 2.45) is 5.92 Å². The minimum absolute atomic E-state index is 0.119. The highest BCUT2D eigenvalue weighted by molar-refractivity contribution is 7.85. The summed E-state index contributed by atoms with van der Waals surface area (Å²) in [7, 11) is 0.150. The van der Waals surface area contributed by atoms with Crippen LogP contribution in [0, 0.1) is 24.5 Å². The number of hydrogen-bond donors (Lipinski definition) is 2. The molecule has 2 aliphatic rings. The number of likely N-dealkylation sites (tertiary alicyclic amines) is 1. The van der Waals surface area contributed by atoms with Gasteiger partial charge in [-0.3, -0.25) is 9.00 Å². The van der Waals surface area contributed by atoms with E-state index in [0.717, 1.165) is 6.41 Å². The van der Waals surface area contributed by atoms with Crippen LogP contribution in [-0.2, 0) is 20.3 Å². The summed E-state index contributed by atoms with van der Waals surface area (Å²) < 4.78 is 52.0. The number of ether oxygens (including phenoxy) is 2. The van der Waals surface area contributed by atoms with E-state index < -0.39 is 40.9 Å². The number of rotatable bonds is 10. The normalized spacial score (nSPS) is 18.2. The molecule has 2 N–H and O–H groups in total. The second-order valence-corrected chi connectivity index (χ2v) is 11.4. The Balaban J connectivity index is 0.000000585. The molecule has 0 bridgehead atoms. The summed E-state index contributed by atoms with van der Waals surface area (Å²) in [6.45, 7) is 4.63. The molecule has 1 amide bonds. The predicted molar refractivity (Wildman–Crippen MR) is 139 cm³/mol. The van der Waals surface area contributed by atoms with E-state index in [0.29, 0.717) is 42.8 Å². The number of halogens is 2. The zero-order valence-corrected chi connectivity index (χ0v) is 22.8. The van der Waals surface area contributed by atoms with Gasteiger partial charge in [0.1, 0.15) is 5.03 Å². The summed E-state index contributed by atoms with van der Waals surface area (Å²) >= 11 is 0. The third-order valence-electron chi connectivity index (χ3n) is 6.87. The van der Waals surface area contributed by atoms with Gasteiger partial charge in [0.25, 0.3) is 0 Å². The number of aromatic nitrogens is 1. The molecule has 1 aliphatic heterocycles. The first kappa shape index (κ1) is 30.1. The lowest BCUT2D eigenvalue weighted by Crippen LogP contribution is -2.34. The van der Waals surface area contributed by atoms with Gasteiger partial charge in [0.2, 0.25) is 6.41 Å². The van der Waals surface area contributed by atoms with Crippen LogP contribution in [0.3, 0.4) is 0 Å². The van der Waals surface area contributed by atoms with Crippen LogP contribution >= 0.6 is 0 Å². The Morgan fingerprint density at radius 2 is 1.87 bits per heavy atom. The topological polar surface area (TPSA) is 109 Å². The molecule has 1 saturated carbocycles. The van der Waals surface area contributed by atoms with Gasteiger partial charge in [-0.2, -0.15) is 0 Å². The maximum atomic E-state index is 14.6. The first-order valence-electron chi connectivity index (χ1n) is 12.6. The number of carbonyl (C=O) groups is 1. The van der Waals surface area contributed by atoms with Crippen molar-refractivity contribution in [1.29, 1.82) is 0 Å². The molecule has 8 nitrogen and oxygen atoms in total. The minimum Gasteiger partial charge on any atom is -0.487 e. The molecule has 2 aromatic rings. The SMILES string of the molecule is COC1(C)CC1.Cc1nc(S(=O)CC(O)CO)ccc1-c1cc(F)c(OCC2CCN(C=O)CC2)c(F)c1. The molecule has 0 spiro atoms. The smallest absolute Gasteiger partial charge is 0.209 e. The maximum Gasteiger partial charge on any atom is 0.209 e. The molecule has 11 heteroatoms. The van der Waals surface area contributed by atoms with Gasteiger partial charge in [0, 0.05) is 31.5 Å². The first-order chi connectivity index (χ1) is 18.1.